The zero-order valence-corrected chi connectivity index (χ0v) is 11.4. The highest BCUT2D eigenvalue weighted by Crippen LogP contribution is 2.22. The maximum atomic E-state index is 2.25. The molecule has 0 radical (unpaired) electrons. The molecule has 0 nitrogen and oxygen atoms in total. The van der Waals surface area contributed by atoms with Crippen LogP contribution in [0, 0.1) is 12.8 Å². The fourth-order valence-corrected chi connectivity index (χ4v) is 1.11. The van der Waals surface area contributed by atoms with Gasteiger partial charge in [0, 0.05) is 0 Å². The second kappa shape index (κ2) is 5.95. The molecule has 0 aliphatic heterocycles. The molecule has 1 aromatic carbocycles. The summed E-state index contributed by atoms with van der Waals surface area (Å²) in [5, 5.41) is 0. The van der Waals surface area contributed by atoms with E-state index < -0.39 is 0 Å². The van der Waals surface area contributed by atoms with Gasteiger partial charge in [0.05, 0.1) is 0 Å². The summed E-state index contributed by atoms with van der Waals surface area (Å²) >= 11 is 0. The van der Waals surface area contributed by atoms with Crippen molar-refractivity contribution in [1.82, 2.24) is 0 Å². The van der Waals surface area contributed by atoms with Crippen LogP contribution in [-0.2, 0) is 5.41 Å². The lowest BCUT2D eigenvalue weighted by Crippen LogP contribution is -2.10. The first-order chi connectivity index (χ1) is 6.73. The third kappa shape index (κ3) is 7.18. The molecule has 0 fully saturated rings. The lowest BCUT2D eigenvalue weighted by molar-refractivity contribution is 0.590. The molecule has 0 aliphatic carbocycles. The van der Waals surface area contributed by atoms with Crippen LogP contribution in [0.5, 0.6) is 0 Å². The van der Waals surface area contributed by atoms with Crippen molar-refractivity contribution in [2.75, 3.05) is 0 Å². The monoisotopic (exact) mass is 206 g/mol. The summed E-state index contributed by atoms with van der Waals surface area (Å²) in [6.45, 7) is 15.3. The molecule has 0 bridgehead atoms. The minimum Gasteiger partial charge on any atom is -0.0630 e. The number of rotatable bonds is 0. The first kappa shape index (κ1) is 14.2. The molecule has 0 heterocycles. The van der Waals surface area contributed by atoms with Gasteiger partial charge in [-0.15, -0.1) is 0 Å². The topological polar surface area (TPSA) is 0 Å². The third-order valence-corrected chi connectivity index (χ3v) is 1.88. The molecule has 0 aromatic heterocycles. The van der Waals surface area contributed by atoms with Gasteiger partial charge in [-0.25, -0.2) is 0 Å². The number of aryl methyl sites for hydroxylation is 1. The van der Waals surface area contributed by atoms with Crippen LogP contribution in [0.1, 0.15) is 52.7 Å². The van der Waals surface area contributed by atoms with E-state index in [4.69, 9.17) is 0 Å². The van der Waals surface area contributed by atoms with Crippen LogP contribution in [0.4, 0.5) is 0 Å². The standard InChI is InChI=1S/C11H16.C4H10/c1-9-6-5-7-10(8-9)11(2,3)4;1-4(2)3/h5-8H,1-4H3;4H,1-3H3. The van der Waals surface area contributed by atoms with Crippen LogP contribution >= 0.6 is 0 Å². The average Bonchev–Trinajstić information content (AvgIpc) is 2.01. The number of hydrogen-bond acceptors (Lipinski definition) is 0. The van der Waals surface area contributed by atoms with Crippen molar-refractivity contribution in [2.24, 2.45) is 5.92 Å². The van der Waals surface area contributed by atoms with E-state index in [1.807, 2.05) is 0 Å². The van der Waals surface area contributed by atoms with E-state index in [-0.39, 0.29) is 5.41 Å². The molecule has 0 atom stereocenters. The fourth-order valence-electron chi connectivity index (χ4n) is 1.11. The molecular weight excluding hydrogens is 180 g/mol. The average molecular weight is 206 g/mol. The van der Waals surface area contributed by atoms with Crippen LogP contribution in [0.3, 0.4) is 0 Å². The molecule has 86 valence electrons. The molecular formula is C15H26. The van der Waals surface area contributed by atoms with Crippen LogP contribution in [-0.4, -0.2) is 0 Å². The fraction of sp³-hybridized carbons (Fsp3) is 0.600. The van der Waals surface area contributed by atoms with E-state index in [1.54, 1.807) is 0 Å². The first-order valence-corrected chi connectivity index (χ1v) is 5.80. The second-order valence-electron chi connectivity index (χ2n) is 5.85. The Morgan fingerprint density at radius 3 is 1.73 bits per heavy atom. The van der Waals surface area contributed by atoms with Gasteiger partial charge in [-0.05, 0) is 23.8 Å². The molecule has 0 saturated heterocycles. The molecule has 0 saturated carbocycles. The van der Waals surface area contributed by atoms with E-state index in [0.717, 1.165) is 5.92 Å². The van der Waals surface area contributed by atoms with Gasteiger partial charge in [-0.2, -0.15) is 0 Å². The van der Waals surface area contributed by atoms with Crippen molar-refractivity contribution >= 4 is 0 Å². The van der Waals surface area contributed by atoms with Gasteiger partial charge in [0.25, 0.3) is 0 Å². The molecule has 15 heavy (non-hydrogen) atoms. The van der Waals surface area contributed by atoms with Crippen molar-refractivity contribution in [3.05, 3.63) is 35.4 Å². The van der Waals surface area contributed by atoms with E-state index in [0.29, 0.717) is 0 Å². The molecule has 0 heteroatoms. The summed E-state index contributed by atoms with van der Waals surface area (Å²) in [6.07, 6.45) is 0. The smallest absolute Gasteiger partial charge is 0.0132 e. The molecule has 0 aliphatic rings. The Labute approximate surface area is 95.7 Å². The van der Waals surface area contributed by atoms with Gasteiger partial charge >= 0.3 is 0 Å². The van der Waals surface area contributed by atoms with Gasteiger partial charge in [0.15, 0.2) is 0 Å². The number of hydrogen-bond donors (Lipinski definition) is 0. The Morgan fingerprint density at radius 2 is 1.47 bits per heavy atom. The predicted molar refractivity (Wildman–Crippen MR) is 70.4 cm³/mol. The number of benzene rings is 1. The van der Waals surface area contributed by atoms with Gasteiger partial charge in [-0.3, -0.25) is 0 Å². The van der Waals surface area contributed by atoms with Crippen molar-refractivity contribution in [3.8, 4) is 0 Å². The summed E-state index contributed by atoms with van der Waals surface area (Å²) in [4.78, 5) is 0. The molecule has 0 N–H and O–H groups in total. The summed E-state index contributed by atoms with van der Waals surface area (Å²) in [5.41, 5.74) is 3.04. The van der Waals surface area contributed by atoms with Gasteiger partial charge in [0.1, 0.15) is 0 Å². The molecule has 1 rings (SSSR count). The highest BCUT2D eigenvalue weighted by atomic mass is 14.2. The van der Waals surface area contributed by atoms with Crippen molar-refractivity contribution in [1.29, 1.82) is 0 Å². The zero-order chi connectivity index (χ0) is 12.1. The molecule has 0 spiro atoms. The Balaban J connectivity index is 0.000000423. The Kier molecular flexibility index (Phi) is 5.64. The lowest BCUT2D eigenvalue weighted by atomic mass is 9.86. The van der Waals surface area contributed by atoms with Crippen LogP contribution in [0.15, 0.2) is 24.3 Å². The summed E-state index contributed by atoms with van der Waals surface area (Å²) < 4.78 is 0. The second-order valence-corrected chi connectivity index (χ2v) is 5.85. The van der Waals surface area contributed by atoms with Crippen molar-refractivity contribution in [3.63, 3.8) is 0 Å². The quantitative estimate of drug-likeness (QED) is 0.563. The van der Waals surface area contributed by atoms with Crippen molar-refractivity contribution in [2.45, 2.75) is 53.9 Å². The zero-order valence-electron chi connectivity index (χ0n) is 11.4. The summed E-state index contributed by atoms with van der Waals surface area (Å²) in [7, 11) is 0. The highest BCUT2D eigenvalue weighted by Gasteiger charge is 2.12. The van der Waals surface area contributed by atoms with E-state index >= 15 is 0 Å². The summed E-state index contributed by atoms with van der Waals surface area (Å²) in [5.74, 6) is 0.833. The molecule has 0 amide bonds. The normalized spacial score (nSPS) is 10.9. The van der Waals surface area contributed by atoms with Gasteiger partial charge in [-0.1, -0.05) is 71.4 Å². The minimum atomic E-state index is 0.284. The van der Waals surface area contributed by atoms with Crippen LogP contribution in [0.2, 0.25) is 0 Å². The Bertz CT molecular complexity index is 274. The van der Waals surface area contributed by atoms with E-state index in [1.165, 1.54) is 11.1 Å². The SMILES string of the molecule is CC(C)C.Cc1cccc(C(C)(C)C)c1. The van der Waals surface area contributed by atoms with Crippen LogP contribution < -0.4 is 0 Å². The van der Waals surface area contributed by atoms with E-state index in [9.17, 15) is 0 Å². The highest BCUT2D eigenvalue weighted by molar-refractivity contribution is 5.27. The molecule has 1 aromatic rings. The largest absolute Gasteiger partial charge is 0.0630 e. The third-order valence-electron chi connectivity index (χ3n) is 1.88. The Morgan fingerprint density at radius 1 is 1.00 bits per heavy atom. The minimum absolute atomic E-state index is 0.284. The first-order valence-electron chi connectivity index (χ1n) is 5.80. The van der Waals surface area contributed by atoms with Gasteiger partial charge in [0.2, 0.25) is 0 Å². The molecule has 0 unspecified atom stereocenters. The lowest BCUT2D eigenvalue weighted by Gasteiger charge is -2.19. The van der Waals surface area contributed by atoms with E-state index in [2.05, 4.69) is 72.7 Å². The summed E-state index contributed by atoms with van der Waals surface area (Å²) in [6, 6.07) is 8.69. The predicted octanol–water partition coefficient (Wildman–Crippen LogP) is 4.95. The van der Waals surface area contributed by atoms with Gasteiger partial charge < -0.3 is 0 Å². The van der Waals surface area contributed by atoms with Crippen molar-refractivity contribution < 1.29 is 0 Å². The maximum absolute atomic E-state index is 2.25. The maximum Gasteiger partial charge on any atom is -0.0132 e. The Hall–Kier alpha value is -0.780. The van der Waals surface area contributed by atoms with Crippen LogP contribution in [0.25, 0.3) is 0 Å².